The van der Waals surface area contributed by atoms with E-state index in [1.807, 2.05) is 0 Å². The first-order valence-electron chi connectivity index (χ1n) is 13.4. The van der Waals surface area contributed by atoms with Gasteiger partial charge in [-0.15, -0.1) is 0 Å². The maximum atomic E-state index is 13.2. The molecule has 0 aliphatic carbocycles. The predicted molar refractivity (Wildman–Crippen MR) is 160 cm³/mol. The SMILES string of the molecule is CCOC(=O)CCC(C(=O)/C=C/c1ccc(OCC(=O)OC)c(OC)c1)=C(O)/C=C/c1ccc(OCC(=O)OC)c(OC)c1. The summed E-state index contributed by atoms with van der Waals surface area (Å²) in [6.07, 6.45) is 5.43. The van der Waals surface area contributed by atoms with Crippen molar-refractivity contribution >= 4 is 35.8 Å². The topological polar surface area (TPSA) is 153 Å². The van der Waals surface area contributed by atoms with E-state index < -0.39 is 23.7 Å². The summed E-state index contributed by atoms with van der Waals surface area (Å²) in [5, 5.41) is 10.9. The molecule has 0 aliphatic rings. The van der Waals surface area contributed by atoms with Crippen LogP contribution in [0.1, 0.15) is 30.9 Å². The fourth-order valence-corrected chi connectivity index (χ4v) is 3.59. The Kier molecular flexibility index (Phi) is 14.5. The Labute approximate surface area is 255 Å². The molecule has 0 aromatic heterocycles. The molecular formula is C32H36O12. The standard InChI is InChI=1S/C32H36O12/c1-6-42-30(35)16-11-23(24(33)12-7-21-9-14-26(28(17-21)38-2)43-19-31(36)40-4)25(34)13-8-22-10-15-27(29(18-22)39-3)44-20-32(37)41-5/h7-10,12-15,17-18,33H,6,11,16,19-20H2,1-5H3/b12-7+,13-8+,24-23?. The summed E-state index contributed by atoms with van der Waals surface area (Å²) in [6, 6.07) is 9.67. The van der Waals surface area contributed by atoms with Crippen molar-refractivity contribution in [3.63, 3.8) is 0 Å². The van der Waals surface area contributed by atoms with Gasteiger partial charge in [0.25, 0.3) is 0 Å². The monoisotopic (exact) mass is 612 g/mol. The predicted octanol–water partition coefficient (Wildman–Crippen LogP) is 4.26. The number of esters is 3. The molecule has 12 heteroatoms. The van der Waals surface area contributed by atoms with E-state index in [2.05, 4.69) is 9.47 Å². The quantitative estimate of drug-likeness (QED) is 0.0893. The highest BCUT2D eigenvalue weighted by molar-refractivity contribution is 6.07. The van der Waals surface area contributed by atoms with Crippen molar-refractivity contribution in [3.05, 3.63) is 71.0 Å². The number of hydrogen-bond acceptors (Lipinski definition) is 12. The van der Waals surface area contributed by atoms with Crippen LogP contribution in [0, 0.1) is 0 Å². The maximum absolute atomic E-state index is 13.2. The lowest BCUT2D eigenvalue weighted by molar-refractivity contribution is -0.143. The average Bonchev–Trinajstić information content (AvgIpc) is 3.04. The van der Waals surface area contributed by atoms with Crippen LogP contribution in [0.4, 0.5) is 0 Å². The Balaban J connectivity index is 2.31. The Morgan fingerprint density at radius 2 is 1.18 bits per heavy atom. The van der Waals surface area contributed by atoms with E-state index in [9.17, 15) is 24.3 Å². The average molecular weight is 613 g/mol. The summed E-state index contributed by atoms with van der Waals surface area (Å²) in [5.41, 5.74) is 1.15. The van der Waals surface area contributed by atoms with E-state index in [-0.39, 0.29) is 44.0 Å². The van der Waals surface area contributed by atoms with Crippen molar-refractivity contribution in [1.29, 1.82) is 0 Å². The number of benzene rings is 2. The molecule has 0 amide bonds. The lowest BCUT2D eigenvalue weighted by atomic mass is 10.0. The molecule has 236 valence electrons. The Bertz CT molecular complexity index is 1400. The highest BCUT2D eigenvalue weighted by Gasteiger charge is 2.15. The molecule has 0 spiro atoms. The van der Waals surface area contributed by atoms with Crippen molar-refractivity contribution in [2.75, 3.05) is 48.3 Å². The van der Waals surface area contributed by atoms with E-state index in [1.54, 1.807) is 49.4 Å². The number of ketones is 1. The highest BCUT2D eigenvalue weighted by Crippen LogP contribution is 2.30. The van der Waals surface area contributed by atoms with Crippen LogP contribution in [0.5, 0.6) is 23.0 Å². The molecular weight excluding hydrogens is 576 g/mol. The minimum Gasteiger partial charge on any atom is -0.508 e. The molecule has 2 aromatic carbocycles. The van der Waals surface area contributed by atoms with Crippen LogP contribution in [0.15, 0.2) is 59.9 Å². The molecule has 1 N–H and O–H groups in total. The van der Waals surface area contributed by atoms with Crippen molar-refractivity contribution in [2.45, 2.75) is 19.8 Å². The number of allylic oxidation sites excluding steroid dienone is 3. The number of aliphatic hydroxyl groups is 1. The summed E-state index contributed by atoms with van der Waals surface area (Å²) < 4.78 is 35.5. The van der Waals surface area contributed by atoms with Crippen LogP contribution in [0.3, 0.4) is 0 Å². The van der Waals surface area contributed by atoms with Gasteiger partial charge in [0.05, 0.1) is 35.0 Å². The zero-order chi connectivity index (χ0) is 32.5. The van der Waals surface area contributed by atoms with Crippen molar-refractivity contribution < 1.29 is 57.4 Å². The van der Waals surface area contributed by atoms with Crippen LogP contribution in [0.25, 0.3) is 12.2 Å². The van der Waals surface area contributed by atoms with Gasteiger partial charge in [-0.25, -0.2) is 9.59 Å². The second kappa shape index (κ2) is 18.3. The molecule has 0 fully saturated rings. The van der Waals surface area contributed by atoms with E-state index in [4.69, 9.17) is 23.7 Å². The molecule has 0 bridgehead atoms. The second-order valence-corrected chi connectivity index (χ2v) is 8.75. The first-order chi connectivity index (χ1) is 21.1. The van der Waals surface area contributed by atoms with E-state index >= 15 is 0 Å². The largest absolute Gasteiger partial charge is 0.508 e. The van der Waals surface area contributed by atoms with E-state index in [0.29, 0.717) is 34.1 Å². The molecule has 44 heavy (non-hydrogen) atoms. The smallest absolute Gasteiger partial charge is 0.343 e. The minimum atomic E-state index is -0.557. The number of ether oxygens (including phenoxy) is 7. The van der Waals surface area contributed by atoms with Gasteiger partial charge in [-0.1, -0.05) is 24.3 Å². The first kappa shape index (κ1) is 34.9. The third-order valence-electron chi connectivity index (χ3n) is 5.87. The van der Waals surface area contributed by atoms with Gasteiger partial charge < -0.3 is 38.3 Å². The molecule has 0 aliphatic heterocycles. The van der Waals surface area contributed by atoms with Crippen LogP contribution < -0.4 is 18.9 Å². The lowest BCUT2D eigenvalue weighted by Gasteiger charge is -2.11. The lowest BCUT2D eigenvalue weighted by Crippen LogP contribution is -2.12. The van der Waals surface area contributed by atoms with E-state index in [0.717, 1.165) is 0 Å². The molecule has 0 unspecified atom stereocenters. The zero-order valence-corrected chi connectivity index (χ0v) is 25.2. The Morgan fingerprint density at radius 1 is 0.682 bits per heavy atom. The summed E-state index contributed by atoms with van der Waals surface area (Å²) in [5.74, 6) is -1.24. The summed E-state index contributed by atoms with van der Waals surface area (Å²) in [7, 11) is 5.36. The molecule has 2 aromatic rings. The Hall–Kier alpha value is -5.26. The van der Waals surface area contributed by atoms with Gasteiger partial charge >= 0.3 is 17.9 Å². The van der Waals surface area contributed by atoms with Gasteiger partial charge in [-0.3, -0.25) is 9.59 Å². The molecule has 0 saturated heterocycles. The third-order valence-corrected chi connectivity index (χ3v) is 5.87. The van der Waals surface area contributed by atoms with Gasteiger partial charge in [0, 0.05) is 12.0 Å². The number of carbonyl (C=O) groups excluding carboxylic acids is 4. The second-order valence-electron chi connectivity index (χ2n) is 8.75. The normalized spacial score (nSPS) is 11.5. The molecule has 2 rings (SSSR count). The van der Waals surface area contributed by atoms with Gasteiger partial charge in [0.2, 0.25) is 0 Å². The van der Waals surface area contributed by atoms with E-state index in [1.165, 1.54) is 46.7 Å². The number of hydrogen-bond donors (Lipinski definition) is 1. The van der Waals surface area contributed by atoms with Crippen LogP contribution in [-0.4, -0.2) is 77.1 Å². The molecule has 0 saturated carbocycles. The van der Waals surface area contributed by atoms with Crippen LogP contribution in [0.2, 0.25) is 0 Å². The summed E-state index contributed by atoms with van der Waals surface area (Å²) in [6.45, 7) is 1.25. The van der Waals surface area contributed by atoms with Gasteiger partial charge in [-0.05, 0) is 60.9 Å². The Morgan fingerprint density at radius 3 is 1.64 bits per heavy atom. The highest BCUT2D eigenvalue weighted by atomic mass is 16.6. The van der Waals surface area contributed by atoms with Crippen molar-refractivity contribution in [3.8, 4) is 23.0 Å². The number of carbonyl (C=O) groups is 4. The number of methoxy groups -OCH3 is 4. The number of aliphatic hydroxyl groups excluding tert-OH is 1. The summed E-state index contributed by atoms with van der Waals surface area (Å²) >= 11 is 0. The third kappa shape index (κ3) is 11.2. The van der Waals surface area contributed by atoms with Gasteiger partial charge in [-0.2, -0.15) is 0 Å². The zero-order valence-electron chi connectivity index (χ0n) is 25.2. The number of rotatable bonds is 17. The molecule has 0 heterocycles. The molecule has 0 radical (unpaired) electrons. The summed E-state index contributed by atoms with van der Waals surface area (Å²) in [4.78, 5) is 48.0. The van der Waals surface area contributed by atoms with Crippen LogP contribution in [-0.2, 0) is 33.4 Å². The fraction of sp³-hybridized carbons (Fsp3) is 0.312. The fourth-order valence-electron chi connectivity index (χ4n) is 3.59. The minimum absolute atomic E-state index is 0.0134. The first-order valence-corrected chi connectivity index (χ1v) is 13.4. The van der Waals surface area contributed by atoms with Gasteiger partial charge in [0.1, 0.15) is 5.76 Å². The maximum Gasteiger partial charge on any atom is 0.343 e. The molecule has 12 nitrogen and oxygen atoms in total. The van der Waals surface area contributed by atoms with Crippen molar-refractivity contribution in [2.24, 2.45) is 0 Å². The molecule has 0 atom stereocenters. The van der Waals surface area contributed by atoms with Crippen LogP contribution >= 0.6 is 0 Å². The van der Waals surface area contributed by atoms with Gasteiger partial charge in [0.15, 0.2) is 42.0 Å². The van der Waals surface area contributed by atoms with Crippen molar-refractivity contribution in [1.82, 2.24) is 0 Å².